The van der Waals surface area contributed by atoms with Gasteiger partial charge in [-0.25, -0.2) is 0 Å². The molecular weight excluding hydrogens is 108 g/mol. The van der Waals surface area contributed by atoms with Crippen LogP contribution >= 0.6 is 12.6 Å². The quantitative estimate of drug-likeness (QED) is 0.392. The zero-order valence-corrected chi connectivity index (χ0v) is 6.65. The van der Waals surface area contributed by atoms with Crippen molar-refractivity contribution >= 4 is 21.4 Å². The molecule has 0 aromatic heterocycles. The number of thiol groups is 1. The van der Waals surface area contributed by atoms with Crippen molar-refractivity contribution in [2.75, 3.05) is 0 Å². The Morgan fingerprint density at radius 2 is 1.67 bits per heavy atom. The first-order valence-corrected chi connectivity index (χ1v) is 5.82. The highest BCUT2D eigenvalue weighted by atomic mass is 32.1. The van der Waals surface area contributed by atoms with Gasteiger partial charge in [0.25, 0.3) is 0 Å². The van der Waals surface area contributed by atoms with Crippen molar-refractivity contribution < 1.29 is 0 Å². The Bertz CT molecular complexity index is 28.5. The molecule has 0 radical (unpaired) electrons. The molecule has 1 unspecified atom stereocenters. The lowest BCUT2D eigenvalue weighted by Gasteiger charge is -2.02. The van der Waals surface area contributed by atoms with Gasteiger partial charge in [-0.2, -0.15) is 12.6 Å². The predicted molar refractivity (Wildman–Crippen MR) is 37.3 cm³/mol. The van der Waals surface area contributed by atoms with Crippen LogP contribution in [-0.2, 0) is 0 Å². The van der Waals surface area contributed by atoms with Gasteiger partial charge in [0.2, 0.25) is 0 Å². The average molecular weight is 120 g/mol. The Labute approximate surface area is 47.0 Å². The van der Waals surface area contributed by atoms with Crippen molar-refractivity contribution in [3.8, 4) is 0 Å². The molecule has 0 amide bonds. The molecule has 0 aliphatic rings. The van der Waals surface area contributed by atoms with Crippen LogP contribution in [0.15, 0.2) is 0 Å². The highest BCUT2D eigenvalue weighted by Gasteiger charge is 1.98. The van der Waals surface area contributed by atoms with Crippen molar-refractivity contribution in [3.63, 3.8) is 0 Å². The van der Waals surface area contributed by atoms with Crippen LogP contribution in [-0.4, -0.2) is 13.7 Å². The van der Waals surface area contributed by atoms with Crippen LogP contribution in [0.4, 0.5) is 0 Å². The van der Waals surface area contributed by atoms with Crippen LogP contribution < -0.4 is 0 Å². The van der Waals surface area contributed by atoms with Gasteiger partial charge in [-0.1, -0.05) is 20.0 Å². The molecule has 0 aromatic carbocycles. The molecule has 6 heavy (non-hydrogen) atoms. The monoisotopic (exact) mass is 120 g/mol. The van der Waals surface area contributed by atoms with E-state index in [9.17, 15) is 0 Å². The summed E-state index contributed by atoms with van der Waals surface area (Å²) in [7, 11) is -0.380. The first-order valence-electron chi connectivity index (χ1n) is 2.32. The van der Waals surface area contributed by atoms with E-state index in [0.29, 0.717) is 4.87 Å². The second-order valence-electron chi connectivity index (χ2n) is 1.98. The third kappa shape index (κ3) is 2.79. The molecule has 0 aliphatic carbocycles. The van der Waals surface area contributed by atoms with Gasteiger partial charge in [0, 0.05) is 8.80 Å². The standard InChI is InChI=1S/C4H12SSi/c1-4(5)6(2)3/h4-6H,1-3H3. The fourth-order valence-corrected chi connectivity index (χ4v) is 0. The molecule has 0 spiro atoms. The Morgan fingerprint density at radius 3 is 1.67 bits per heavy atom. The van der Waals surface area contributed by atoms with Crippen molar-refractivity contribution in [2.24, 2.45) is 0 Å². The zero-order valence-electron chi connectivity index (χ0n) is 4.60. The summed E-state index contributed by atoms with van der Waals surface area (Å²) in [5.41, 5.74) is 0. The lowest BCUT2D eigenvalue weighted by atomic mass is 11.0. The molecule has 0 saturated heterocycles. The van der Waals surface area contributed by atoms with E-state index in [1.54, 1.807) is 0 Å². The molecule has 0 bridgehead atoms. The van der Waals surface area contributed by atoms with E-state index in [1.165, 1.54) is 0 Å². The fraction of sp³-hybridized carbons (Fsp3) is 1.00. The summed E-state index contributed by atoms with van der Waals surface area (Å²) in [6.07, 6.45) is 0. The van der Waals surface area contributed by atoms with Crippen molar-refractivity contribution in [2.45, 2.75) is 24.9 Å². The number of hydrogen-bond acceptors (Lipinski definition) is 1. The molecule has 0 nitrogen and oxygen atoms in total. The largest absolute Gasteiger partial charge is 0.180 e. The Balaban J connectivity index is 2.99. The van der Waals surface area contributed by atoms with Crippen molar-refractivity contribution in [1.82, 2.24) is 0 Å². The van der Waals surface area contributed by atoms with Crippen LogP contribution in [0.1, 0.15) is 6.92 Å². The summed E-state index contributed by atoms with van der Waals surface area (Å²) in [5.74, 6) is 0. The van der Waals surface area contributed by atoms with E-state index in [4.69, 9.17) is 0 Å². The predicted octanol–water partition coefficient (Wildman–Crippen LogP) is 1.33. The molecule has 0 aromatic rings. The van der Waals surface area contributed by atoms with Gasteiger partial charge in [-0.15, -0.1) is 0 Å². The lowest BCUT2D eigenvalue weighted by molar-refractivity contribution is 1.36. The van der Waals surface area contributed by atoms with Gasteiger partial charge in [-0.05, 0) is 4.87 Å². The third-order valence-corrected chi connectivity index (χ3v) is 4.68. The second-order valence-corrected chi connectivity index (χ2v) is 6.85. The molecule has 2 heteroatoms. The molecule has 0 N–H and O–H groups in total. The first-order chi connectivity index (χ1) is 2.64. The maximum atomic E-state index is 4.25. The highest BCUT2D eigenvalue weighted by Crippen LogP contribution is 1.96. The summed E-state index contributed by atoms with van der Waals surface area (Å²) in [4.78, 5) is 0.685. The topological polar surface area (TPSA) is 0 Å². The zero-order chi connectivity index (χ0) is 5.15. The number of hydrogen-bond donors (Lipinski definition) is 1. The van der Waals surface area contributed by atoms with Crippen molar-refractivity contribution in [3.05, 3.63) is 0 Å². The molecule has 0 saturated carbocycles. The lowest BCUT2D eigenvalue weighted by Crippen LogP contribution is -2.13. The minimum absolute atomic E-state index is 0.380. The molecular formula is C4H12SSi. The molecule has 0 aliphatic heterocycles. The summed E-state index contributed by atoms with van der Waals surface area (Å²) in [6.45, 7) is 6.77. The maximum absolute atomic E-state index is 4.25. The SMILES string of the molecule is CC(S)[SiH](C)C. The van der Waals surface area contributed by atoms with Gasteiger partial charge in [0.15, 0.2) is 0 Å². The highest BCUT2D eigenvalue weighted by molar-refractivity contribution is 7.82. The fourth-order valence-electron chi connectivity index (χ4n) is 0. The summed E-state index contributed by atoms with van der Waals surface area (Å²) >= 11 is 4.25. The molecule has 38 valence electrons. The molecule has 0 heterocycles. The van der Waals surface area contributed by atoms with E-state index in [-0.39, 0.29) is 8.80 Å². The minimum atomic E-state index is -0.380. The van der Waals surface area contributed by atoms with E-state index in [1.807, 2.05) is 0 Å². The van der Waals surface area contributed by atoms with Crippen molar-refractivity contribution in [1.29, 1.82) is 0 Å². The minimum Gasteiger partial charge on any atom is -0.180 e. The molecule has 0 fully saturated rings. The summed E-state index contributed by atoms with van der Waals surface area (Å²) in [5, 5.41) is 0. The van der Waals surface area contributed by atoms with E-state index < -0.39 is 0 Å². The van der Waals surface area contributed by atoms with Crippen LogP contribution in [0, 0.1) is 0 Å². The van der Waals surface area contributed by atoms with Gasteiger partial charge >= 0.3 is 0 Å². The third-order valence-electron chi connectivity index (χ3n) is 0.965. The summed E-state index contributed by atoms with van der Waals surface area (Å²) < 4.78 is 0. The van der Waals surface area contributed by atoms with Gasteiger partial charge in [0.1, 0.15) is 0 Å². The second kappa shape index (κ2) is 2.69. The normalized spacial score (nSPS) is 15.5. The van der Waals surface area contributed by atoms with E-state index in [2.05, 4.69) is 32.6 Å². The van der Waals surface area contributed by atoms with Gasteiger partial charge in [-0.3, -0.25) is 0 Å². The molecule has 0 rings (SSSR count). The van der Waals surface area contributed by atoms with Crippen LogP contribution in [0.3, 0.4) is 0 Å². The van der Waals surface area contributed by atoms with Crippen LogP contribution in [0.2, 0.25) is 13.1 Å². The maximum Gasteiger partial charge on any atom is 0.0450 e. The Morgan fingerprint density at radius 1 is 1.50 bits per heavy atom. The average Bonchev–Trinajstić information content (AvgIpc) is 1.36. The smallest absolute Gasteiger partial charge is 0.0450 e. The summed E-state index contributed by atoms with van der Waals surface area (Å²) in [6, 6.07) is 0. The Hall–Kier alpha value is 0.567. The van der Waals surface area contributed by atoms with Gasteiger partial charge < -0.3 is 0 Å². The van der Waals surface area contributed by atoms with E-state index >= 15 is 0 Å². The first kappa shape index (κ1) is 6.57. The van der Waals surface area contributed by atoms with Crippen LogP contribution in [0.25, 0.3) is 0 Å². The van der Waals surface area contributed by atoms with Crippen LogP contribution in [0.5, 0.6) is 0 Å². The Kier molecular flexibility index (Phi) is 2.95. The van der Waals surface area contributed by atoms with E-state index in [0.717, 1.165) is 0 Å². The molecule has 1 atom stereocenters. The number of rotatable bonds is 1. The van der Waals surface area contributed by atoms with Gasteiger partial charge in [0.05, 0.1) is 0 Å².